The average Bonchev–Trinajstić information content (AvgIpc) is 3.92. The Morgan fingerprint density at radius 1 is 0.814 bits per heavy atom. The number of anilines is 3. The Bertz CT molecular complexity index is 2410. The van der Waals surface area contributed by atoms with Gasteiger partial charge in [0.2, 0.25) is 17.7 Å². The first-order valence-corrected chi connectivity index (χ1v) is 23.3. The molecule has 6 rings (SSSR count). The predicted molar refractivity (Wildman–Crippen MR) is 253 cm³/mol. The number of urea groups is 1. The van der Waals surface area contributed by atoms with Gasteiger partial charge in [-0.2, -0.15) is 0 Å². The van der Waals surface area contributed by atoms with Crippen molar-refractivity contribution in [1.82, 2.24) is 35.6 Å². The van der Waals surface area contributed by atoms with Crippen LogP contribution in [-0.2, 0) is 52.8 Å². The molecule has 0 saturated carbocycles. The minimum absolute atomic E-state index is 0.0519. The molecule has 1 unspecified atom stereocenters. The summed E-state index contributed by atoms with van der Waals surface area (Å²) in [4.78, 5) is 90.3. The number of hydrogen-bond donors (Lipinski definition) is 6. The second kappa shape index (κ2) is 27.2. The van der Waals surface area contributed by atoms with Crippen LogP contribution in [0.5, 0.6) is 0 Å². The summed E-state index contributed by atoms with van der Waals surface area (Å²) in [5.74, 6) is -2.97. The van der Waals surface area contributed by atoms with Gasteiger partial charge in [0.15, 0.2) is 0 Å². The van der Waals surface area contributed by atoms with Crippen molar-refractivity contribution in [2.45, 2.75) is 71.0 Å². The van der Waals surface area contributed by atoms with E-state index in [9.17, 15) is 33.6 Å². The Labute approximate surface area is 404 Å². The molecule has 3 aromatic carbocycles. The SMILES string of the molecule is CCCCN(Cc1ccc(C(=O)NO)cc1)C(=O)Nc1ccc(NC(=O)CCCc2cn(CCOCCOCCOCCOCCNc3cccc4c3C(=O)N(C3CCC(=O)NC3=O)C4=O)nn2)cc1. The first-order valence-electron chi connectivity index (χ1n) is 23.3. The maximum Gasteiger partial charge on any atom is 0.322 e. The molecule has 70 heavy (non-hydrogen) atoms. The van der Waals surface area contributed by atoms with E-state index < -0.39 is 35.6 Å². The van der Waals surface area contributed by atoms with Gasteiger partial charge in [0.05, 0.1) is 76.2 Å². The van der Waals surface area contributed by atoms with E-state index in [1.165, 1.54) is 0 Å². The number of aryl methyl sites for hydroxylation is 1. The summed E-state index contributed by atoms with van der Waals surface area (Å²) >= 11 is 0. The van der Waals surface area contributed by atoms with Gasteiger partial charge < -0.3 is 39.8 Å². The van der Waals surface area contributed by atoms with E-state index in [1.54, 1.807) is 81.8 Å². The number of hydroxylamine groups is 1. The summed E-state index contributed by atoms with van der Waals surface area (Å²) in [6.07, 6.45) is 5.14. The lowest BCUT2D eigenvalue weighted by atomic mass is 10.0. The number of unbranched alkanes of at least 4 members (excludes halogenated alkanes) is 1. The van der Waals surface area contributed by atoms with Crippen molar-refractivity contribution in [2.75, 3.05) is 81.9 Å². The molecule has 0 aliphatic carbocycles. The van der Waals surface area contributed by atoms with Crippen LogP contribution in [0.2, 0.25) is 0 Å². The topological polar surface area (TPSA) is 274 Å². The largest absolute Gasteiger partial charge is 0.382 e. The number of carbonyl (C=O) groups excluding carboxylic acids is 7. The average molecular weight is 969 g/mol. The number of nitrogens with one attached hydrogen (secondary N) is 5. The fourth-order valence-corrected chi connectivity index (χ4v) is 7.54. The summed E-state index contributed by atoms with van der Waals surface area (Å²) in [7, 11) is 0. The molecule has 4 aromatic rings. The van der Waals surface area contributed by atoms with Crippen LogP contribution < -0.4 is 26.7 Å². The van der Waals surface area contributed by atoms with Crippen molar-refractivity contribution in [3.05, 3.63) is 101 Å². The monoisotopic (exact) mass is 968 g/mol. The molecule has 22 nitrogen and oxygen atoms in total. The van der Waals surface area contributed by atoms with Crippen molar-refractivity contribution in [2.24, 2.45) is 0 Å². The van der Waals surface area contributed by atoms with E-state index in [2.05, 4.69) is 31.6 Å². The summed E-state index contributed by atoms with van der Waals surface area (Å²) in [6, 6.07) is 17.1. The van der Waals surface area contributed by atoms with Crippen molar-refractivity contribution in [3.63, 3.8) is 0 Å². The molecule has 6 N–H and O–H groups in total. The maximum absolute atomic E-state index is 13.2. The van der Waals surface area contributed by atoms with Crippen molar-refractivity contribution >= 4 is 58.5 Å². The first kappa shape index (κ1) is 52.3. The zero-order valence-electron chi connectivity index (χ0n) is 39.1. The molecular weight excluding hydrogens is 909 g/mol. The smallest absolute Gasteiger partial charge is 0.322 e. The molecule has 8 amide bonds. The lowest BCUT2D eigenvalue weighted by Gasteiger charge is -2.27. The second-order valence-corrected chi connectivity index (χ2v) is 16.3. The van der Waals surface area contributed by atoms with Crippen LogP contribution >= 0.6 is 0 Å². The number of nitrogens with zero attached hydrogens (tertiary/aromatic N) is 5. The Balaban J connectivity index is 0.752. The maximum atomic E-state index is 13.2. The van der Waals surface area contributed by atoms with Gasteiger partial charge in [-0.1, -0.05) is 36.8 Å². The number of carbonyl (C=O) groups is 7. The summed E-state index contributed by atoms with van der Waals surface area (Å²) < 4.78 is 24.1. The van der Waals surface area contributed by atoms with Gasteiger partial charge in [-0.3, -0.25) is 44.2 Å². The standard InChI is InChI=1S/C48H60N10O12/c1-2-3-21-56(31-33-10-12-34(13-11-33)44(61)54-66)48(65)51-36-16-14-35(15-17-36)50-41(59)9-4-6-37-32-57(55-53-37)22-24-68-26-28-70-30-29-69-27-25-67-23-20-49-39-8-5-7-38-43(39)47(64)58(46(38)63)40-18-19-42(60)52-45(40)62/h5,7-8,10-17,32,40,49,66H,2-4,6,9,18-31H2,1H3,(H,50,59)(H,51,65)(H,54,61)(H,52,60,62). The molecule has 1 fully saturated rings. The van der Waals surface area contributed by atoms with Crippen LogP contribution in [-0.4, -0.2) is 143 Å². The van der Waals surface area contributed by atoms with E-state index in [0.29, 0.717) is 115 Å². The van der Waals surface area contributed by atoms with E-state index in [1.807, 2.05) is 13.1 Å². The molecule has 3 heterocycles. The number of piperidine rings is 1. The van der Waals surface area contributed by atoms with Crippen molar-refractivity contribution in [3.8, 4) is 0 Å². The Morgan fingerprint density at radius 3 is 2.16 bits per heavy atom. The van der Waals surface area contributed by atoms with Gasteiger partial charge in [0.1, 0.15) is 6.04 Å². The highest BCUT2D eigenvalue weighted by Crippen LogP contribution is 2.32. The van der Waals surface area contributed by atoms with Crippen LogP contribution in [0.3, 0.4) is 0 Å². The van der Waals surface area contributed by atoms with Gasteiger partial charge in [-0.05, 0) is 79.8 Å². The lowest BCUT2D eigenvalue weighted by molar-refractivity contribution is -0.136. The van der Waals surface area contributed by atoms with Crippen molar-refractivity contribution in [1.29, 1.82) is 0 Å². The Kier molecular flexibility index (Phi) is 20.3. The van der Waals surface area contributed by atoms with Crippen LogP contribution in [0.25, 0.3) is 0 Å². The molecule has 0 radical (unpaired) electrons. The van der Waals surface area contributed by atoms with Crippen molar-refractivity contribution < 1.29 is 57.7 Å². The zero-order chi connectivity index (χ0) is 49.7. The van der Waals surface area contributed by atoms with Crippen LogP contribution in [0.4, 0.5) is 21.9 Å². The first-order chi connectivity index (χ1) is 34.0. The number of amides is 8. The Hall–Kier alpha value is -7.11. The molecule has 2 aliphatic heterocycles. The fraction of sp³-hybridized carbons (Fsp3) is 0.438. The number of hydrogen-bond acceptors (Lipinski definition) is 15. The number of aromatic nitrogens is 3. The highest BCUT2D eigenvalue weighted by atomic mass is 16.6. The van der Waals surface area contributed by atoms with Gasteiger partial charge >= 0.3 is 6.03 Å². The molecular formula is C48H60N10O12. The third-order valence-corrected chi connectivity index (χ3v) is 11.2. The fourth-order valence-electron chi connectivity index (χ4n) is 7.54. The number of rotatable bonds is 29. The van der Waals surface area contributed by atoms with E-state index in [4.69, 9.17) is 24.2 Å². The molecule has 22 heteroatoms. The minimum Gasteiger partial charge on any atom is -0.382 e. The highest BCUT2D eigenvalue weighted by Gasteiger charge is 2.45. The molecule has 1 aromatic heterocycles. The second-order valence-electron chi connectivity index (χ2n) is 16.3. The van der Waals surface area contributed by atoms with Gasteiger partial charge in [0, 0.05) is 61.3 Å². The highest BCUT2D eigenvalue weighted by molar-refractivity contribution is 6.25. The zero-order valence-corrected chi connectivity index (χ0v) is 39.1. The van der Waals surface area contributed by atoms with Crippen LogP contribution in [0.15, 0.2) is 72.9 Å². The Morgan fingerprint density at radius 2 is 1.49 bits per heavy atom. The number of imide groups is 2. The third kappa shape index (κ3) is 15.5. The van der Waals surface area contributed by atoms with Crippen LogP contribution in [0, 0.1) is 0 Å². The lowest BCUT2D eigenvalue weighted by Crippen LogP contribution is -2.54. The quantitative estimate of drug-likeness (QED) is 0.0196. The third-order valence-electron chi connectivity index (χ3n) is 11.2. The summed E-state index contributed by atoms with van der Waals surface area (Å²) in [5, 5.41) is 28.3. The predicted octanol–water partition coefficient (Wildman–Crippen LogP) is 3.77. The molecule has 0 bridgehead atoms. The normalized spacial score (nSPS) is 14.3. The molecule has 374 valence electrons. The van der Waals surface area contributed by atoms with E-state index in [0.717, 1.165) is 29.0 Å². The summed E-state index contributed by atoms with van der Waals surface area (Å²) in [5.41, 5.74) is 5.56. The van der Waals surface area contributed by atoms with Gasteiger partial charge in [-0.15, -0.1) is 5.10 Å². The van der Waals surface area contributed by atoms with E-state index >= 15 is 0 Å². The number of fused-ring (bicyclic) bond motifs is 1. The minimum atomic E-state index is -1.03. The van der Waals surface area contributed by atoms with Gasteiger partial charge in [-0.25, -0.2) is 15.0 Å². The molecule has 1 atom stereocenters. The number of benzene rings is 3. The summed E-state index contributed by atoms with van der Waals surface area (Å²) in [6.45, 7) is 6.79. The van der Waals surface area contributed by atoms with E-state index in [-0.39, 0.29) is 42.3 Å². The van der Waals surface area contributed by atoms with Crippen LogP contribution in [0.1, 0.15) is 87.8 Å². The molecule has 1 saturated heterocycles. The molecule has 0 spiro atoms. The number of ether oxygens (including phenoxy) is 4. The van der Waals surface area contributed by atoms with Gasteiger partial charge in [0.25, 0.3) is 17.7 Å². The molecule has 2 aliphatic rings.